The number of benzene rings is 1. The van der Waals surface area contributed by atoms with Gasteiger partial charge in [-0.15, -0.1) is 0 Å². The third-order valence-corrected chi connectivity index (χ3v) is 4.55. The molecule has 2 unspecified atom stereocenters. The van der Waals surface area contributed by atoms with Crippen LogP contribution in [-0.4, -0.2) is 12.2 Å². The Morgan fingerprint density at radius 3 is 2.83 bits per heavy atom. The van der Waals surface area contributed by atoms with Gasteiger partial charge in [-0.05, 0) is 31.7 Å². The van der Waals surface area contributed by atoms with E-state index in [1.54, 1.807) is 0 Å². The molecule has 0 radical (unpaired) electrons. The normalized spacial score (nSPS) is 31.6. The van der Waals surface area contributed by atoms with Crippen LogP contribution in [0.3, 0.4) is 0 Å². The molecule has 1 aromatic carbocycles. The molecule has 1 heterocycles. The van der Waals surface area contributed by atoms with E-state index in [0.29, 0.717) is 5.92 Å². The molecular weight excluding hydrogens is 220 g/mol. The van der Waals surface area contributed by atoms with Gasteiger partial charge in [0.2, 0.25) is 0 Å². The zero-order chi connectivity index (χ0) is 12.4. The second-order valence-electron chi connectivity index (χ2n) is 5.79. The van der Waals surface area contributed by atoms with E-state index < -0.39 is 0 Å². The van der Waals surface area contributed by atoms with Crippen molar-refractivity contribution < 1.29 is 4.74 Å². The van der Waals surface area contributed by atoms with Crippen molar-refractivity contribution in [1.29, 1.82) is 0 Å². The molecule has 1 saturated carbocycles. The van der Waals surface area contributed by atoms with Gasteiger partial charge in [-0.2, -0.15) is 0 Å². The molecule has 18 heavy (non-hydrogen) atoms. The van der Waals surface area contributed by atoms with Gasteiger partial charge in [-0.3, -0.25) is 0 Å². The summed E-state index contributed by atoms with van der Waals surface area (Å²) in [5.74, 6) is 0.676. The van der Waals surface area contributed by atoms with E-state index >= 15 is 0 Å². The summed E-state index contributed by atoms with van der Waals surface area (Å²) in [5.41, 5.74) is 3.18. The topological polar surface area (TPSA) is 12.5 Å². The monoisotopic (exact) mass is 242 g/mol. The highest BCUT2D eigenvalue weighted by atomic mass is 16.6. The molecule has 0 amide bonds. The maximum atomic E-state index is 5.78. The molecule has 2 fully saturated rings. The molecule has 1 aliphatic heterocycles. The fraction of sp³-hybridized carbons (Fsp3) is 0.529. The number of hydrogen-bond acceptors (Lipinski definition) is 1. The van der Waals surface area contributed by atoms with Crippen molar-refractivity contribution >= 4 is 0 Å². The summed E-state index contributed by atoms with van der Waals surface area (Å²) < 4.78 is 5.78. The van der Waals surface area contributed by atoms with Crippen LogP contribution in [0.5, 0.6) is 0 Å². The molecule has 3 rings (SSSR count). The van der Waals surface area contributed by atoms with Crippen molar-refractivity contribution in [2.75, 3.05) is 6.61 Å². The molecule has 2 atom stereocenters. The lowest BCUT2D eigenvalue weighted by Crippen LogP contribution is -2.29. The highest BCUT2D eigenvalue weighted by Gasteiger charge is 2.52. The van der Waals surface area contributed by atoms with Gasteiger partial charge in [0.1, 0.15) is 0 Å². The van der Waals surface area contributed by atoms with Crippen LogP contribution in [0.15, 0.2) is 42.0 Å². The van der Waals surface area contributed by atoms with E-state index in [9.17, 15) is 0 Å². The maximum absolute atomic E-state index is 5.78. The molecule has 0 bridgehead atoms. The first-order chi connectivity index (χ1) is 8.80. The number of rotatable bonds is 3. The van der Waals surface area contributed by atoms with Crippen molar-refractivity contribution in [3.63, 3.8) is 0 Å². The average Bonchev–Trinajstić information content (AvgIpc) is 3.18. The number of allylic oxidation sites excluding steroid dienone is 1. The summed E-state index contributed by atoms with van der Waals surface area (Å²) in [4.78, 5) is 0. The predicted molar refractivity (Wildman–Crippen MR) is 74.5 cm³/mol. The fourth-order valence-corrected chi connectivity index (χ4v) is 3.33. The second kappa shape index (κ2) is 4.89. The molecular formula is C17H22O. The third kappa shape index (κ3) is 2.37. The molecule has 1 aliphatic carbocycles. The summed E-state index contributed by atoms with van der Waals surface area (Å²) in [6.07, 6.45) is 8.77. The van der Waals surface area contributed by atoms with Crippen LogP contribution in [0.4, 0.5) is 0 Å². The zero-order valence-electron chi connectivity index (χ0n) is 11.2. The van der Waals surface area contributed by atoms with Crippen LogP contribution in [0.25, 0.3) is 0 Å². The van der Waals surface area contributed by atoms with E-state index in [-0.39, 0.29) is 5.60 Å². The number of ether oxygens (including phenoxy) is 1. The largest absolute Gasteiger partial charge is 0.369 e. The lowest BCUT2D eigenvalue weighted by Gasteiger charge is -2.29. The summed E-state index contributed by atoms with van der Waals surface area (Å²) in [6.45, 7) is 3.29. The Labute approximate surface area is 110 Å². The first-order valence-electron chi connectivity index (χ1n) is 7.15. The Morgan fingerprint density at radius 2 is 2.11 bits per heavy atom. The fourth-order valence-electron chi connectivity index (χ4n) is 3.33. The van der Waals surface area contributed by atoms with E-state index in [0.717, 1.165) is 13.0 Å². The molecule has 1 heteroatoms. The van der Waals surface area contributed by atoms with Gasteiger partial charge in [0.25, 0.3) is 0 Å². The second-order valence-corrected chi connectivity index (χ2v) is 5.79. The molecule has 0 aromatic heterocycles. The van der Waals surface area contributed by atoms with Crippen LogP contribution >= 0.6 is 0 Å². The first-order valence-corrected chi connectivity index (χ1v) is 7.15. The molecule has 1 nitrogen and oxygen atoms in total. The summed E-state index contributed by atoms with van der Waals surface area (Å²) in [5, 5.41) is 0. The van der Waals surface area contributed by atoms with E-state index in [4.69, 9.17) is 4.74 Å². The summed E-state index contributed by atoms with van der Waals surface area (Å²) in [7, 11) is 0. The smallest absolute Gasteiger partial charge is 0.0981 e. The Balaban J connectivity index is 1.68. The van der Waals surface area contributed by atoms with Crippen LogP contribution in [0.2, 0.25) is 0 Å². The highest BCUT2D eigenvalue weighted by molar-refractivity contribution is 5.22. The Hall–Kier alpha value is -1.08. The van der Waals surface area contributed by atoms with E-state index in [2.05, 4.69) is 43.3 Å². The average molecular weight is 242 g/mol. The standard InChI is InChI=1S/C17H22O/c1-14(10-11-15-7-3-2-4-8-15)16-9-5-6-12-17(16)13-18-17/h2-4,7-8,10,16H,5-6,9,11-13H2,1H3/b14-10+. The van der Waals surface area contributed by atoms with Gasteiger partial charge < -0.3 is 4.74 Å². The number of epoxide rings is 1. The van der Waals surface area contributed by atoms with Crippen LogP contribution in [0.1, 0.15) is 38.2 Å². The van der Waals surface area contributed by atoms with Gasteiger partial charge >= 0.3 is 0 Å². The van der Waals surface area contributed by atoms with Crippen LogP contribution < -0.4 is 0 Å². The Kier molecular flexibility index (Phi) is 3.25. The Bertz CT molecular complexity index is 428. The third-order valence-electron chi connectivity index (χ3n) is 4.55. The minimum Gasteiger partial charge on any atom is -0.369 e. The van der Waals surface area contributed by atoms with Gasteiger partial charge in [0.05, 0.1) is 12.2 Å². The molecule has 0 N–H and O–H groups in total. The SMILES string of the molecule is C/C(=C\Cc1ccccc1)C1CCCCC12CO2. The zero-order valence-corrected chi connectivity index (χ0v) is 11.2. The minimum atomic E-state index is 0.246. The lowest BCUT2D eigenvalue weighted by atomic mass is 9.75. The van der Waals surface area contributed by atoms with Gasteiger partial charge in [-0.1, -0.05) is 54.8 Å². The van der Waals surface area contributed by atoms with Crippen molar-refractivity contribution in [3.8, 4) is 0 Å². The van der Waals surface area contributed by atoms with Crippen LogP contribution in [0, 0.1) is 5.92 Å². The van der Waals surface area contributed by atoms with E-state index in [1.165, 1.54) is 36.8 Å². The molecule has 1 saturated heterocycles. The maximum Gasteiger partial charge on any atom is 0.0981 e. The van der Waals surface area contributed by atoms with Crippen molar-refractivity contribution in [2.45, 2.75) is 44.6 Å². The summed E-state index contributed by atoms with van der Waals surface area (Å²) >= 11 is 0. The van der Waals surface area contributed by atoms with Gasteiger partial charge in [0, 0.05) is 5.92 Å². The highest BCUT2D eigenvalue weighted by Crippen LogP contribution is 2.48. The lowest BCUT2D eigenvalue weighted by molar-refractivity contribution is 0.182. The van der Waals surface area contributed by atoms with Crippen molar-refractivity contribution in [3.05, 3.63) is 47.5 Å². The minimum absolute atomic E-state index is 0.246. The molecule has 96 valence electrons. The summed E-state index contributed by atoms with van der Waals surface area (Å²) in [6, 6.07) is 10.7. The molecule has 1 aromatic rings. The van der Waals surface area contributed by atoms with Crippen molar-refractivity contribution in [1.82, 2.24) is 0 Å². The predicted octanol–water partition coefficient (Wildman–Crippen LogP) is 4.13. The Morgan fingerprint density at radius 1 is 1.33 bits per heavy atom. The first kappa shape index (κ1) is 12.0. The van der Waals surface area contributed by atoms with Gasteiger partial charge in [-0.25, -0.2) is 0 Å². The van der Waals surface area contributed by atoms with Crippen molar-refractivity contribution in [2.24, 2.45) is 5.92 Å². The van der Waals surface area contributed by atoms with E-state index in [1.807, 2.05) is 0 Å². The number of hydrogen-bond donors (Lipinski definition) is 0. The quantitative estimate of drug-likeness (QED) is 0.573. The van der Waals surface area contributed by atoms with Gasteiger partial charge in [0.15, 0.2) is 0 Å². The molecule has 1 spiro atoms. The van der Waals surface area contributed by atoms with Crippen LogP contribution in [-0.2, 0) is 11.2 Å². The molecule has 2 aliphatic rings.